The molecule has 2 saturated carbocycles. The summed E-state index contributed by atoms with van der Waals surface area (Å²) in [7, 11) is 0. The zero-order valence-corrected chi connectivity index (χ0v) is 17.0. The highest BCUT2D eigenvalue weighted by Crippen LogP contribution is 2.32. The normalized spacial score (nSPS) is 27.4. The highest BCUT2D eigenvalue weighted by Gasteiger charge is 2.45. The number of carbonyl (C=O) groups is 3. The van der Waals surface area contributed by atoms with Crippen LogP contribution in [-0.2, 0) is 9.59 Å². The van der Waals surface area contributed by atoms with Gasteiger partial charge in [0.05, 0.1) is 0 Å². The Balaban J connectivity index is 1.64. The van der Waals surface area contributed by atoms with Crippen LogP contribution in [0.15, 0.2) is 0 Å². The first-order valence-electron chi connectivity index (χ1n) is 9.89. The van der Waals surface area contributed by atoms with Crippen molar-refractivity contribution in [2.45, 2.75) is 89.1 Å². The van der Waals surface area contributed by atoms with E-state index in [-0.39, 0.29) is 15.7 Å². The van der Waals surface area contributed by atoms with E-state index in [0.29, 0.717) is 18.3 Å². The van der Waals surface area contributed by atoms with Crippen molar-refractivity contribution in [3.63, 3.8) is 0 Å². The van der Waals surface area contributed by atoms with Gasteiger partial charge in [0.1, 0.15) is 12.1 Å². The lowest BCUT2D eigenvalue weighted by molar-refractivity contribution is -0.132. The predicted octanol–water partition coefficient (Wildman–Crippen LogP) is 4.18. The molecular formula is C19H29IN2O3. The number of halogens is 1. The number of urea groups is 1. The number of rotatable bonds is 6. The fourth-order valence-corrected chi connectivity index (χ4v) is 5.33. The third kappa shape index (κ3) is 4.74. The zero-order valence-electron chi connectivity index (χ0n) is 14.8. The molecule has 0 aromatic carbocycles. The Morgan fingerprint density at radius 1 is 1.00 bits per heavy atom. The summed E-state index contributed by atoms with van der Waals surface area (Å²) in [6.45, 7) is 0. The van der Waals surface area contributed by atoms with Crippen molar-refractivity contribution in [2.75, 3.05) is 0 Å². The standard InChI is InChI=1S/C19H29IN2O3/c20-17(23)16(12-14-9-5-2-6-10-14)22-18(24)15(21-19(22)25)11-13-7-3-1-4-8-13/h13-16H,1-12H2,(H,21,25)/t15-,16-/m0/s1. The first kappa shape index (κ1) is 19.1. The van der Waals surface area contributed by atoms with E-state index < -0.39 is 12.1 Å². The van der Waals surface area contributed by atoms with E-state index in [2.05, 4.69) is 5.32 Å². The van der Waals surface area contributed by atoms with Crippen molar-refractivity contribution in [1.29, 1.82) is 0 Å². The van der Waals surface area contributed by atoms with Gasteiger partial charge in [0, 0.05) is 22.6 Å². The quantitative estimate of drug-likeness (QED) is 0.368. The van der Waals surface area contributed by atoms with Crippen LogP contribution in [0.1, 0.15) is 77.0 Å². The van der Waals surface area contributed by atoms with Gasteiger partial charge in [-0.15, -0.1) is 0 Å². The Labute approximate surface area is 163 Å². The average Bonchev–Trinajstić information content (AvgIpc) is 2.88. The summed E-state index contributed by atoms with van der Waals surface area (Å²) in [6.07, 6.45) is 13.2. The third-order valence-corrected chi connectivity index (χ3v) is 6.92. The Bertz CT molecular complexity index is 513. The molecule has 5 nitrogen and oxygen atoms in total. The van der Waals surface area contributed by atoms with E-state index in [0.717, 1.165) is 32.1 Å². The molecule has 3 rings (SSSR count). The number of carbonyl (C=O) groups excluding carboxylic acids is 3. The summed E-state index contributed by atoms with van der Waals surface area (Å²) < 4.78 is -0.0926. The van der Waals surface area contributed by atoms with Crippen LogP contribution < -0.4 is 5.32 Å². The van der Waals surface area contributed by atoms with Crippen molar-refractivity contribution in [3.8, 4) is 0 Å². The van der Waals surface area contributed by atoms with Gasteiger partial charge in [-0.05, 0) is 24.7 Å². The molecule has 0 aromatic rings. The predicted molar refractivity (Wildman–Crippen MR) is 104 cm³/mol. The van der Waals surface area contributed by atoms with Crippen LogP contribution in [0.2, 0.25) is 0 Å². The molecular weight excluding hydrogens is 431 g/mol. The molecule has 140 valence electrons. The summed E-state index contributed by atoms with van der Waals surface area (Å²) in [5.41, 5.74) is 0. The molecule has 0 unspecified atom stereocenters. The smallest absolute Gasteiger partial charge is 0.325 e. The maximum Gasteiger partial charge on any atom is 0.325 e. The van der Waals surface area contributed by atoms with E-state index in [1.54, 1.807) is 22.6 Å². The van der Waals surface area contributed by atoms with Gasteiger partial charge in [-0.1, -0.05) is 64.2 Å². The van der Waals surface area contributed by atoms with Gasteiger partial charge in [-0.3, -0.25) is 14.5 Å². The van der Waals surface area contributed by atoms with Gasteiger partial charge in [0.15, 0.2) is 0 Å². The minimum atomic E-state index is -0.590. The molecule has 1 heterocycles. The maximum absolute atomic E-state index is 12.9. The van der Waals surface area contributed by atoms with E-state index in [1.807, 2.05) is 0 Å². The minimum Gasteiger partial charge on any atom is -0.326 e. The highest BCUT2D eigenvalue weighted by atomic mass is 127. The summed E-state index contributed by atoms with van der Waals surface area (Å²) >= 11 is 1.76. The lowest BCUT2D eigenvalue weighted by Crippen LogP contribution is -2.45. The fraction of sp³-hybridized carbons (Fsp3) is 0.842. The van der Waals surface area contributed by atoms with Crippen LogP contribution in [0, 0.1) is 11.8 Å². The number of nitrogens with zero attached hydrogens (tertiary/aromatic N) is 1. The molecule has 0 radical (unpaired) electrons. The van der Waals surface area contributed by atoms with E-state index in [1.165, 1.54) is 43.4 Å². The van der Waals surface area contributed by atoms with Crippen molar-refractivity contribution < 1.29 is 14.4 Å². The van der Waals surface area contributed by atoms with Crippen LogP contribution in [0.4, 0.5) is 4.79 Å². The zero-order chi connectivity index (χ0) is 17.8. The molecule has 2 aliphatic carbocycles. The van der Waals surface area contributed by atoms with Gasteiger partial charge in [0.2, 0.25) is 3.79 Å². The second-order valence-corrected chi connectivity index (χ2v) is 9.07. The highest BCUT2D eigenvalue weighted by molar-refractivity contribution is 14.1. The monoisotopic (exact) mass is 460 g/mol. The topological polar surface area (TPSA) is 66.5 Å². The summed E-state index contributed by atoms with van der Waals surface area (Å²) in [4.78, 5) is 38.8. The van der Waals surface area contributed by atoms with Crippen LogP contribution in [0.3, 0.4) is 0 Å². The summed E-state index contributed by atoms with van der Waals surface area (Å²) in [5, 5.41) is 2.86. The lowest BCUT2D eigenvalue weighted by Gasteiger charge is -2.29. The number of amides is 3. The van der Waals surface area contributed by atoms with E-state index in [4.69, 9.17) is 0 Å². The molecule has 1 saturated heterocycles. The first-order chi connectivity index (χ1) is 12.1. The van der Waals surface area contributed by atoms with Gasteiger partial charge in [-0.25, -0.2) is 4.79 Å². The van der Waals surface area contributed by atoms with Gasteiger partial charge >= 0.3 is 6.03 Å². The molecule has 1 aliphatic heterocycles. The van der Waals surface area contributed by atoms with Crippen LogP contribution >= 0.6 is 22.6 Å². The molecule has 0 bridgehead atoms. The lowest BCUT2D eigenvalue weighted by atomic mass is 9.84. The van der Waals surface area contributed by atoms with Gasteiger partial charge < -0.3 is 5.32 Å². The summed E-state index contributed by atoms with van der Waals surface area (Å²) in [6, 6.07) is -1.38. The van der Waals surface area contributed by atoms with Gasteiger partial charge in [-0.2, -0.15) is 0 Å². The second-order valence-electron chi connectivity index (χ2n) is 8.01. The van der Waals surface area contributed by atoms with Crippen LogP contribution in [0.25, 0.3) is 0 Å². The molecule has 2 atom stereocenters. The fourth-order valence-electron chi connectivity index (χ4n) is 4.80. The van der Waals surface area contributed by atoms with Crippen molar-refractivity contribution >= 4 is 38.3 Å². The molecule has 6 heteroatoms. The second kappa shape index (κ2) is 8.82. The third-order valence-electron chi connectivity index (χ3n) is 6.20. The first-order valence-corrected chi connectivity index (χ1v) is 11.0. The average molecular weight is 460 g/mol. The van der Waals surface area contributed by atoms with E-state index in [9.17, 15) is 14.4 Å². The Kier molecular flexibility index (Phi) is 6.74. The molecule has 0 aromatic heterocycles. The van der Waals surface area contributed by atoms with Crippen molar-refractivity contribution in [2.24, 2.45) is 11.8 Å². The number of imide groups is 1. The van der Waals surface area contributed by atoms with Crippen molar-refractivity contribution in [1.82, 2.24) is 10.2 Å². The maximum atomic E-state index is 12.9. The largest absolute Gasteiger partial charge is 0.326 e. The molecule has 3 aliphatic rings. The SMILES string of the molecule is O=C(I)[C@H](CC1CCCCC1)N1C(=O)N[C@@H](CC2CCCCC2)C1=O. The molecule has 1 N–H and O–H groups in total. The summed E-state index contributed by atoms with van der Waals surface area (Å²) in [5.74, 6) is 0.798. The van der Waals surface area contributed by atoms with Crippen LogP contribution in [-0.4, -0.2) is 32.7 Å². The number of nitrogens with one attached hydrogen (secondary N) is 1. The Morgan fingerprint density at radius 3 is 2.12 bits per heavy atom. The van der Waals surface area contributed by atoms with Crippen LogP contribution in [0.5, 0.6) is 0 Å². The van der Waals surface area contributed by atoms with E-state index >= 15 is 0 Å². The van der Waals surface area contributed by atoms with Crippen molar-refractivity contribution in [3.05, 3.63) is 0 Å². The Morgan fingerprint density at radius 2 is 1.56 bits per heavy atom. The van der Waals surface area contributed by atoms with Gasteiger partial charge in [0.25, 0.3) is 5.91 Å². The molecule has 3 amide bonds. The molecule has 3 fully saturated rings. The molecule has 0 spiro atoms. The number of hydrogen-bond acceptors (Lipinski definition) is 3. The Hall–Kier alpha value is -0.660. The molecule has 25 heavy (non-hydrogen) atoms. The number of hydrogen-bond donors (Lipinski definition) is 1. The minimum absolute atomic E-state index is 0.0926.